The quantitative estimate of drug-likeness (QED) is 0.711. The first-order valence-corrected chi connectivity index (χ1v) is 7.77. The van der Waals surface area contributed by atoms with Crippen LogP contribution >= 0.6 is 0 Å². The highest BCUT2D eigenvalue weighted by molar-refractivity contribution is 5.95. The summed E-state index contributed by atoms with van der Waals surface area (Å²) < 4.78 is 5.40. The van der Waals surface area contributed by atoms with Crippen molar-refractivity contribution in [2.45, 2.75) is 27.2 Å². The lowest BCUT2D eigenvalue weighted by Crippen LogP contribution is -3.06. The van der Waals surface area contributed by atoms with E-state index in [0.29, 0.717) is 37.4 Å². The highest BCUT2D eigenvalue weighted by Crippen LogP contribution is 2.16. The number of amides is 2. The van der Waals surface area contributed by atoms with Gasteiger partial charge in [-0.1, -0.05) is 0 Å². The number of rotatable bonds is 8. The molecule has 0 bridgehead atoms. The SMILES string of the molecule is CCN(CCC(=O)NCC[NH+](C)C)C(=O)c1cc(C)oc1C. The number of quaternary nitrogens is 1. The van der Waals surface area contributed by atoms with Gasteiger partial charge < -0.3 is 19.5 Å². The van der Waals surface area contributed by atoms with E-state index in [1.165, 1.54) is 4.90 Å². The van der Waals surface area contributed by atoms with Crippen LogP contribution in [0.1, 0.15) is 35.2 Å². The van der Waals surface area contributed by atoms with Crippen molar-refractivity contribution in [2.24, 2.45) is 0 Å². The van der Waals surface area contributed by atoms with Gasteiger partial charge in [0.15, 0.2) is 0 Å². The minimum Gasteiger partial charge on any atom is -0.466 e. The summed E-state index contributed by atoms with van der Waals surface area (Å²) in [6, 6.07) is 1.75. The summed E-state index contributed by atoms with van der Waals surface area (Å²) in [5.41, 5.74) is 0.580. The van der Waals surface area contributed by atoms with Crippen LogP contribution in [0.25, 0.3) is 0 Å². The molecule has 0 fully saturated rings. The topological polar surface area (TPSA) is 67.0 Å². The molecule has 0 unspecified atom stereocenters. The first-order valence-electron chi connectivity index (χ1n) is 7.77. The van der Waals surface area contributed by atoms with Gasteiger partial charge >= 0.3 is 0 Å². The summed E-state index contributed by atoms with van der Waals surface area (Å²) in [5.74, 6) is 1.25. The molecule has 6 heteroatoms. The zero-order chi connectivity index (χ0) is 16.7. The van der Waals surface area contributed by atoms with Crippen LogP contribution in [-0.2, 0) is 4.79 Å². The fraction of sp³-hybridized carbons (Fsp3) is 0.625. The summed E-state index contributed by atoms with van der Waals surface area (Å²) in [5, 5.41) is 2.87. The molecule has 2 amide bonds. The number of hydrogen-bond donors (Lipinski definition) is 2. The largest absolute Gasteiger partial charge is 0.466 e. The zero-order valence-electron chi connectivity index (χ0n) is 14.3. The first-order chi connectivity index (χ1) is 10.3. The van der Waals surface area contributed by atoms with Gasteiger partial charge in [-0.15, -0.1) is 0 Å². The smallest absolute Gasteiger partial charge is 0.257 e. The monoisotopic (exact) mass is 310 g/mol. The van der Waals surface area contributed by atoms with Crippen molar-refractivity contribution in [1.82, 2.24) is 10.2 Å². The van der Waals surface area contributed by atoms with Crippen molar-refractivity contribution >= 4 is 11.8 Å². The van der Waals surface area contributed by atoms with E-state index in [2.05, 4.69) is 5.32 Å². The Balaban J connectivity index is 2.49. The van der Waals surface area contributed by atoms with Crippen molar-refractivity contribution in [2.75, 3.05) is 40.3 Å². The molecule has 0 aliphatic carbocycles. The van der Waals surface area contributed by atoms with Crippen LogP contribution in [0.15, 0.2) is 10.5 Å². The molecule has 22 heavy (non-hydrogen) atoms. The maximum atomic E-state index is 12.5. The van der Waals surface area contributed by atoms with E-state index in [-0.39, 0.29) is 11.8 Å². The van der Waals surface area contributed by atoms with Gasteiger partial charge in [-0.3, -0.25) is 9.59 Å². The molecular weight excluding hydrogens is 282 g/mol. The Morgan fingerprint density at radius 1 is 1.32 bits per heavy atom. The summed E-state index contributed by atoms with van der Waals surface area (Å²) in [4.78, 5) is 27.2. The van der Waals surface area contributed by atoms with Crippen molar-refractivity contribution < 1.29 is 18.9 Å². The molecule has 0 saturated carbocycles. The average molecular weight is 310 g/mol. The molecule has 1 rings (SSSR count). The van der Waals surface area contributed by atoms with Gasteiger partial charge in [0.05, 0.1) is 32.7 Å². The summed E-state index contributed by atoms with van der Waals surface area (Å²) in [6.45, 7) is 8.03. The Morgan fingerprint density at radius 2 is 2.00 bits per heavy atom. The van der Waals surface area contributed by atoms with Crippen LogP contribution in [0.4, 0.5) is 0 Å². The van der Waals surface area contributed by atoms with Crippen LogP contribution in [0.3, 0.4) is 0 Å². The van der Waals surface area contributed by atoms with Crippen molar-refractivity contribution in [3.8, 4) is 0 Å². The lowest BCUT2D eigenvalue weighted by molar-refractivity contribution is -0.856. The molecule has 0 atom stereocenters. The molecule has 0 aliphatic heterocycles. The van der Waals surface area contributed by atoms with Gasteiger partial charge in [0.25, 0.3) is 5.91 Å². The van der Waals surface area contributed by atoms with Gasteiger partial charge in [0, 0.05) is 19.5 Å². The van der Waals surface area contributed by atoms with E-state index in [9.17, 15) is 9.59 Å². The van der Waals surface area contributed by atoms with Gasteiger partial charge in [-0.05, 0) is 26.8 Å². The molecule has 1 aromatic heterocycles. The number of likely N-dealkylation sites (N-methyl/N-ethyl adjacent to an activating group) is 1. The second-order valence-electron chi connectivity index (χ2n) is 5.77. The minimum atomic E-state index is -0.0811. The van der Waals surface area contributed by atoms with E-state index in [4.69, 9.17) is 4.42 Å². The molecular formula is C16H28N3O3+. The lowest BCUT2D eigenvalue weighted by Gasteiger charge is -2.20. The second-order valence-corrected chi connectivity index (χ2v) is 5.77. The lowest BCUT2D eigenvalue weighted by atomic mass is 10.2. The molecule has 0 spiro atoms. The molecule has 1 aromatic rings. The normalized spacial score (nSPS) is 10.8. The van der Waals surface area contributed by atoms with Crippen LogP contribution < -0.4 is 10.2 Å². The fourth-order valence-corrected chi connectivity index (χ4v) is 2.19. The Labute approximate surface area is 132 Å². The molecule has 0 aliphatic rings. The maximum absolute atomic E-state index is 12.5. The Morgan fingerprint density at radius 3 is 2.50 bits per heavy atom. The highest BCUT2D eigenvalue weighted by Gasteiger charge is 2.19. The number of nitrogens with zero attached hydrogens (tertiary/aromatic N) is 1. The Kier molecular flexibility index (Phi) is 7.11. The Bertz CT molecular complexity index is 509. The number of carbonyl (C=O) groups is 2. The first kappa shape index (κ1) is 18.2. The second kappa shape index (κ2) is 8.58. The molecule has 0 aromatic carbocycles. The van der Waals surface area contributed by atoms with Gasteiger partial charge in [-0.2, -0.15) is 0 Å². The third kappa shape index (κ3) is 5.52. The molecule has 0 radical (unpaired) electrons. The number of aryl methyl sites for hydroxylation is 2. The van der Waals surface area contributed by atoms with Crippen molar-refractivity contribution in [1.29, 1.82) is 0 Å². The zero-order valence-corrected chi connectivity index (χ0v) is 14.3. The molecule has 124 valence electrons. The Hall–Kier alpha value is -1.82. The highest BCUT2D eigenvalue weighted by atomic mass is 16.3. The molecule has 1 heterocycles. The summed E-state index contributed by atoms with van der Waals surface area (Å²) in [6.07, 6.45) is 0.318. The van der Waals surface area contributed by atoms with Crippen LogP contribution in [0.2, 0.25) is 0 Å². The summed E-state index contributed by atoms with van der Waals surface area (Å²) >= 11 is 0. The van der Waals surface area contributed by atoms with E-state index in [1.54, 1.807) is 17.9 Å². The van der Waals surface area contributed by atoms with Crippen molar-refractivity contribution in [3.63, 3.8) is 0 Å². The number of nitrogens with one attached hydrogen (secondary N) is 2. The molecule has 0 saturated heterocycles. The fourth-order valence-electron chi connectivity index (χ4n) is 2.19. The van der Waals surface area contributed by atoms with Gasteiger partial charge in [0.2, 0.25) is 5.91 Å². The third-order valence-corrected chi connectivity index (χ3v) is 3.50. The maximum Gasteiger partial charge on any atom is 0.257 e. The predicted octanol–water partition coefficient (Wildman–Crippen LogP) is 0.00934. The molecule has 2 N–H and O–H groups in total. The number of carbonyl (C=O) groups excluding carboxylic acids is 2. The van der Waals surface area contributed by atoms with E-state index >= 15 is 0 Å². The van der Waals surface area contributed by atoms with Crippen molar-refractivity contribution in [3.05, 3.63) is 23.2 Å². The van der Waals surface area contributed by atoms with Crippen LogP contribution in [0.5, 0.6) is 0 Å². The number of hydrogen-bond acceptors (Lipinski definition) is 3. The summed E-state index contributed by atoms with van der Waals surface area (Å²) in [7, 11) is 4.08. The third-order valence-electron chi connectivity index (χ3n) is 3.50. The average Bonchev–Trinajstić information content (AvgIpc) is 2.77. The molecule has 6 nitrogen and oxygen atoms in total. The van der Waals surface area contributed by atoms with Crippen LogP contribution in [0, 0.1) is 13.8 Å². The predicted molar refractivity (Wildman–Crippen MR) is 85.1 cm³/mol. The van der Waals surface area contributed by atoms with Crippen LogP contribution in [-0.4, -0.2) is 57.0 Å². The minimum absolute atomic E-state index is 0.0207. The van der Waals surface area contributed by atoms with Gasteiger partial charge in [-0.25, -0.2) is 0 Å². The van der Waals surface area contributed by atoms with E-state index in [1.807, 2.05) is 27.9 Å². The van der Waals surface area contributed by atoms with Gasteiger partial charge in [0.1, 0.15) is 11.5 Å². The van der Waals surface area contributed by atoms with E-state index in [0.717, 1.165) is 12.3 Å². The standard InChI is InChI=1S/C16H27N3O3/c1-6-19(9-7-15(20)17-8-10-18(4)5)16(21)14-11-12(2)22-13(14)3/h11H,6-10H2,1-5H3,(H,17,20)/p+1. The number of furan rings is 1. The van der Waals surface area contributed by atoms with E-state index < -0.39 is 0 Å².